The third kappa shape index (κ3) is 2.60. The van der Waals surface area contributed by atoms with Gasteiger partial charge in [0.15, 0.2) is 5.56 Å². The molecule has 1 aromatic carbocycles. The van der Waals surface area contributed by atoms with Gasteiger partial charge in [0, 0.05) is 0 Å². The molecule has 0 radical (unpaired) electrons. The predicted octanol–water partition coefficient (Wildman–Crippen LogP) is 3.30. The molecule has 0 saturated heterocycles. The van der Waals surface area contributed by atoms with Crippen molar-refractivity contribution in [3.63, 3.8) is 0 Å². The molecule has 0 heterocycles. The van der Waals surface area contributed by atoms with Crippen LogP contribution in [0.3, 0.4) is 0 Å². The highest BCUT2D eigenvalue weighted by Crippen LogP contribution is 2.24. The van der Waals surface area contributed by atoms with Crippen molar-refractivity contribution in [2.24, 2.45) is 0 Å². The van der Waals surface area contributed by atoms with E-state index in [1.165, 1.54) is 0 Å². The van der Waals surface area contributed by atoms with Crippen LogP contribution in [0.2, 0.25) is 5.02 Å². The molecule has 0 aliphatic rings. The van der Waals surface area contributed by atoms with Crippen molar-refractivity contribution in [2.75, 3.05) is 0 Å². The second kappa shape index (κ2) is 3.84. The van der Waals surface area contributed by atoms with Crippen molar-refractivity contribution in [3.05, 3.63) is 29.3 Å². The summed E-state index contributed by atoms with van der Waals surface area (Å²) in [6, 6.07) is 7.23. The Bertz CT molecular complexity index is 235. The highest BCUT2D eigenvalue weighted by Gasteiger charge is 2.01. The van der Waals surface area contributed by atoms with Crippen molar-refractivity contribution in [1.82, 2.24) is 0 Å². The van der Waals surface area contributed by atoms with Gasteiger partial charge in [0.1, 0.15) is 5.75 Å². The van der Waals surface area contributed by atoms with E-state index in [1.54, 1.807) is 19.1 Å². The maximum Gasteiger partial charge on any atom is 0.169 e. The van der Waals surface area contributed by atoms with Crippen LogP contribution in [0.5, 0.6) is 5.75 Å². The normalized spacial score (nSPS) is 12.6. The number of hydrogen-bond acceptors (Lipinski definition) is 1. The molecule has 1 rings (SSSR count). The predicted molar refractivity (Wildman–Crippen MR) is 47.4 cm³/mol. The standard InChI is InChI=1S/C8H8Cl2O/c1-6(9)11-8-5-3-2-4-7(8)10/h2-6H,1H3. The van der Waals surface area contributed by atoms with Gasteiger partial charge in [-0.1, -0.05) is 35.3 Å². The van der Waals surface area contributed by atoms with Crippen LogP contribution in [0, 0.1) is 0 Å². The van der Waals surface area contributed by atoms with Gasteiger partial charge >= 0.3 is 0 Å². The lowest BCUT2D eigenvalue weighted by molar-refractivity contribution is 0.301. The first-order valence-electron chi connectivity index (χ1n) is 3.25. The number of halogens is 2. The zero-order valence-electron chi connectivity index (χ0n) is 6.05. The summed E-state index contributed by atoms with van der Waals surface area (Å²) in [7, 11) is 0. The van der Waals surface area contributed by atoms with Crippen LogP contribution < -0.4 is 4.74 Å². The fourth-order valence-electron chi connectivity index (χ4n) is 0.715. The Morgan fingerprint density at radius 1 is 1.36 bits per heavy atom. The van der Waals surface area contributed by atoms with E-state index in [0.717, 1.165) is 0 Å². The molecule has 0 saturated carbocycles. The Balaban J connectivity index is 2.78. The van der Waals surface area contributed by atoms with E-state index >= 15 is 0 Å². The molecule has 0 aliphatic carbocycles. The molecule has 1 atom stereocenters. The molecular weight excluding hydrogens is 183 g/mol. The molecule has 0 N–H and O–H groups in total. The van der Waals surface area contributed by atoms with Crippen LogP contribution >= 0.6 is 23.2 Å². The Hall–Kier alpha value is -0.400. The smallest absolute Gasteiger partial charge is 0.169 e. The van der Waals surface area contributed by atoms with E-state index < -0.39 is 0 Å². The molecule has 11 heavy (non-hydrogen) atoms. The topological polar surface area (TPSA) is 9.23 Å². The molecule has 0 fully saturated rings. The molecule has 0 amide bonds. The lowest BCUT2D eigenvalue weighted by atomic mass is 10.3. The van der Waals surface area contributed by atoms with Gasteiger partial charge in [-0.3, -0.25) is 0 Å². The highest BCUT2D eigenvalue weighted by atomic mass is 35.5. The third-order valence-electron chi connectivity index (χ3n) is 1.13. The van der Waals surface area contributed by atoms with Crippen molar-refractivity contribution in [3.8, 4) is 5.75 Å². The molecule has 0 aromatic heterocycles. The van der Waals surface area contributed by atoms with E-state index in [1.807, 2.05) is 12.1 Å². The van der Waals surface area contributed by atoms with Crippen LogP contribution in [0.25, 0.3) is 0 Å². The number of hydrogen-bond donors (Lipinski definition) is 0. The lowest BCUT2D eigenvalue weighted by Crippen LogP contribution is -2.02. The molecular formula is C8H8Cl2O. The molecule has 60 valence electrons. The average Bonchev–Trinajstić information content (AvgIpc) is 1.93. The zero-order valence-corrected chi connectivity index (χ0v) is 7.56. The second-order valence-electron chi connectivity index (χ2n) is 2.09. The van der Waals surface area contributed by atoms with Gasteiger partial charge in [-0.15, -0.1) is 0 Å². The van der Waals surface area contributed by atoms with E-state index in [9.17, 15) is 0 Å². The summed E-state index contributed by atoms with van der Waals surface area (Å²) in [4.78, 5) is 0. The number of rotatable bonds is 2. The minimum Gasteiger partial charge on any atom is -0.473 e. The van der Waals surface area contributed by atoms with Gasteiger partial charge in [-0.05, 0) is 19.1 Å². The summed E-state index contributed by atoms with van der Waals surface area (Å²) in [5.41, 5.74) is -0.352. The molecule has 0 aliphatic heterocycles. The first-order chi connectivity index (χ1) is 5.20. The van der Waals surface area contributed by atoms with Gasteiger partial charge in [-0.25, -0.2) is 0 Å². The molecule has 1 unspecified atom stereocenters. The number of alkyl halides is 1. The summed E-state index contributed by atoms with van der Waals surface area (Å²) in [5.74, 6) is 0.622. The molecule has 0 spiro atoms. The van der Waals surface area contributed by atoms with Gasteiger partial charge < -0.3 is 4.74 Å². The van der Waals surface area contributed by atoms with Crippen LogP contribution in [-0.2, 0) is 0 Å². The molecule has 0 bridgehead atoms. The minimum atomic E-state index is -0.352. The third-order valence-corrected chi connectivity index (χ3v) is 1.53. The van der Waals surface area contributed by atoms with Crippen molar-refractivity contribution in [2.45, 2.75) is 12.5 Å². The Kier molecular flexibility index (Phi) is 3.03. The summed E-state index contributed by atoms with van der Waals surface area (Å²) < 4.78 is 5.18. The van der Waals surface area contributed by atoms with Gasteiger partial charge in [0.2, 0.25) is 0 Å². The Morgan fingerprint density at radius 3 is 2.55 bits per heavy atom. The van der Waals surface area contributed by atoms with E-state index in [2.05, 4.69) is 0 Å². The van der Waals surface area contributed by atoms with E-state index in [4.69, 9.17) is 27.9 Å². The van der Waals surface area contributed by atoms with Gasteiger partial charge in [-0.2, -0.15) is 0 Å². The number of benzene rings is 1. The summed E-state index contributed by atoms with van der Waals surface area (Å²) in [5, 5.41) is 0.583. The van der Waals surface area contributed by atoms with Crippen LogP contribution in [-0.4, -0.2) is 5.56 Å². The SMILES string of the molecule is CC(Cl)Oc1ccccc1Cl. The van der Waals surface area contributed by atoms with Gasteiger partial charge in [0.05, 0.1) is 5.02 Å². The largest absolute Gasteiger partial charge is 0.473 e. The second-order valence-corrected chi connectivity index (χ2v) is 3.11. The zero-order chi connectivity index (χ0) is 8.27. The van der Waals surface area contributed by atoms with Crippen molar-refractivity contribution in [1.29, 1.82) is 0 Å². The monoisotopic (exact) mass is 190 g/mol. The first kappa shape index (κ1) is 8.69. The summed E-state index contributed by atoms with van der Waals surface area (Å²) in [6.07, 6.45) is 0. The van der Waals surface area contributed by atoms with Crippen LogP contribution in [0.1, 0.15) is 6.92 Å². The lowest BCUT2D eigenvalue weighted by Gasteiger charge is -2.08. The Labute approximate surface area is 75.9 Å². The van der Waals surface area contributed by atoms with E-state index in [-0.39, 0.29) is 5.56 Å². The quantitative estimate of drug-likeness (QED) is 0.651. The number of para-hydroxylation sites is 1. The fourth-order valence-corrected chi connectivity index (χ4v) is 0.992. The van der Waals surface area contributed by atoms with Crippen LogP contribution in [0.15, 0.2) is 24.3 Å². The van der Waals surface area contributed by atoms with E-state index in [0.29, 0.717) is 10.8 Å². The Morgan fingerprint density at radius 2 is 2.00 bits per heavy atom. The molecule has 1 aromatic rings. The highest BCUT2D eigenvalue weighted by molar-refractivity contribution is 6.32. The van der Waals surface area contributed by atoms with Crippen molar-refractivity contribution >= 4 is 23.2 Å². The average molecular weight is 191 g/mol. The van der Waals surface area contributed by atoms with Crippen molar-refractivity contribution < 1.29 is 4.74 Å². The van der Waals surface area contributed by atoms with Gasteiger partial charge in [0.25, 0.3) is 0 Å². The minimum absolute atomic E-state index is 0.352. The molecule has 1 nitrogen and oxygen atoms in total. The number of ether oxygens (including phenoxy) is 1. The van der Waals surface area contributed by atoms with Crippen LogP contribution in [0.4, 0.5) is 0 Å². The summed E-state index contributed by atoms with van der Waals surface area (Å²) >= 11 is 11.4. The maximum atomic E-state index is 5.78. The fraction of sp³-hybridized carbons (Fsp3) is 0.250. The first-order valence-corrected chi connectivity index (χ1v) is 4.07. The summed E-state index contributed by atoms with van der Waals surface area (Å²) in [6.45, 7) is 1.74. The molecule has 3 heteroatoms. The maximum absolute atomic E-state index is 5.78.